The van der Waals surface area contributed by atoms with Gasteiger partial charge in [-0.3, -0.25) is 24.0 Å². The van der Waals surface area contributed by atoms with Gasteiger partial charge in [-0.2, -0.15) is 0 Å². The van der Waals surface area contributed by atoms with Crippen molar-refractivity contribution in [1.82, 2.24) is 10.6 Å². The molecule has 9 nitrogen and oxygen atoms in total. The summed E-state index contributed by atoms with van der Waals surface area (Å²) in [6, 6.07) is 7.31. The number of carbonyl (C=O) groups is 5. The van der Waals surface area contributed by atoms with Crippen molar-refractivity contribution in [2.75, 3.05) is 0 Å². The molecule has 6 aliphatic rings. The second-order valence-electron chi connectivity index (χ2n) is 22.5. The first-order valence-corrected chi connectivity index (χ1v) is 22.2. The standard InChI is InChI=1S/C49H70N2O7/c1-27(2)37-33(52)26-49(51-42(57)45(8,9)50-39(53)29-15-13-28(3)14-16-29)24-23-47(11)30(38(37)49)17-18-35-46(10)21-20-36(44(6,7)34(46)19-22-48(35,47)12)58-41(56)32-25-31(40(54)55)43(32,4)5/h13-16,27,30-32,34-36H,17-26H2,1-12H3,(H,50,53)(H,51,57)(H,54,55)/t30-,31+,32-,34?,35-,36+,46+,47-,48-,49-/m1/s1. The van der Waals surface area contributed by atoms with Crippen molar-refractivity contribution >= 4 is 29.5 Å². The number of hydrogen-bond donors (Lipinski definition) is 3. The van der Waals surface area contributed by atoms with Gasteiger partial charge in [0.2, 0.25) is 5.91 Å². The molecule has 6 aliphatic carbocycles. The number of nitrogens with one attached hydrogen (secondary N) is 2. The number of esters is 1. The lowest BCUT2D eigenvalue weighted by Crippen LogP contribution is -2.68. The van der Waals surface area contributed by atoms with Crippen LogP contribution in [0.5, 0.6) is 0 Å². The number of ether oxygens (including phenoxy) is 1. The van der Waals surface area contributed by atoms with Crippen LogP contribution in [0.1, 0.15) is 156 Å². The lowest BCUT2D eigenvalue weighted by molar-refractivity contribution is -0.235. The monoisotopic (exact) mass is 799 g/mol. The molecule has 2 amide bonds. The van der Waals surface area contributed by atoms with Crippen molar-refractivity contribution in [1.29, 1.82) is 0 Å². The minimum atomic E-state index is -1.21. The summed E-state index contributed by atoms with van der Waals surface area (Å²) >= 11 is 0. The third-order valence-electron chi connectivity index (χ3n) is 18.1. The van der Waals surface area contributed by atoms with Crippen molar-refractivity contribution in [3.05, 3.63) is 46.5 Å². The number of hydrogen-bond acceptors (Lipinski definition) is 6. The number of amides is 2. The van der Waals surface area contributed by atoms with E-state index < -0.39 is 34.3 Å². The van der Waals surface area contributed by atoms with Gasteiger partial charge < -0.3 is 20.5 Å². The summed E-state index contributed by atoms with van der Waals surface area (Å²) in [6.07, 6.45) is 7.75. The normalized spacial score (nSPS) is 38.7. The number of benzene rings is 1. The van der Waals surface area contributed by atoms with Gasteiger partial charge in [0, 0.05) is 17.4 Å². The van der Waals surface area contributed by atoms with Crippen molar-refractivity contribution in [2.45, 2.75) is 164 Å². The Morgan fingerprint density at radius 2 is 1.47 bits per heavy atom. The van der Waals surface area contributed by atoms with E-state index in [1.165, 1.54) is 0 Å². The summed E-state index contributed by atoms with van der Waals surface area (Å²) in [5, 5.41) is 16.1. The number of carbonyl (C=O) groups excluding carboxylic acids is 4. The number of carboxylic acids is 1. The van der Waals surface area contributed by atoms with Gasteiger partial charge in [-0.1, -0.05) is 80.0 Å². The molecule has 0 radical (unpaired) electrons. The fourth-order valence-corrected chi connectivity index (χ4v) is 14.4. The highest BCUT2D eigenvalue weighted by atomic mass is 16.5. The largest absolute Gasteiger partial charge is 0.481 e. The van der Waals surface area contributed by atoms with Gasteiger partial charge in [0.15, 0.2) is 5.78 Å². The lowest BCUT2D eigenvalue weighted by atomic mass is 9.33. The molecule has 7 rings (SSSR count). The number of fused-ring (bicyclic) bond motifs is 7. The van der Waals surface area contributed by atoms with Crippen LogP contribution in [0.2, 0.25) is 0 Å². The molecule has 318 valence electrons. The fraction of sp³-hybridized carbons (Fsp3) is 0.735. The van der Waals surface area contributed by atoms with E-state index in [-0.39, 0.29) is 69.6 Å². The van der Waals surface area contributed by atoms with Crippen molar-refractivity contribution < 1.29 is 33.8 Å². The zero-order valence-electron chi connectivity index (χ0n) is 37.3. The summed E-state index contributed by atoms with van der Waals surface area (Å²) in [4.78, 5) is 67.3. The van der Waals surface area contributed by atoms with E-state index in [4.69, 9.17) is 4.74 Å². The fourth-order valence-electron chi connectivity index (χ4n) is 14.4. The quantitative estimate of drug-likeness (QED) is 0.223. The Bertz CT molecular complexity index is 1940. The average molecular weight is 799 g/mol. The van der Waals surface area contributed by atoms with Gasteiger partial charge >= 0.3 is 11.9 Å². The van der Waals surface area contributed by atoms with Gasteiger partial charge in [0.1, 0.15) is 11.6 Å². The second kappa shape index (κ2) is 13.8. The molecule has 58 heavy (non-hydrogen) atoms. The highest BCUT2D eigenvalue weighted by Crippen LogP contribution is 2.76. The summed E-state index contributed by atoms with van der Waals surface area (Å²) in [7, 11) is 0. The molecule has 1 aromatic carbocycles. The maximum absolute atomic E-state index is 14.4. The summed E-state index contributed by atoms with van der Waals surface area (Å²) < 4.78 is 6.41. The molecule has 9 heteroatoms. The SMILES string of the molecule is Cc1ccc(C(=O)NC(C)(C)C(=O)N[C@@]23CC[C@]4(C)[C@H](CC[C@@H]5[C@@]6(C)CC[C@H](OC(=O)[C@H]7C[C@@H](C(=O)O)C7(C)C)C(C)(C)C6CC[C@]54C)C2=C(C(C)C)C(=O)C3)cc1. The van der Waals surface area contributed by atoms with Crippen molar-refractivity contribution in [2.24, 2.45) is 62.6 Å². The Kier molecular flexibility index (Phi) is 10.1. The van der Waals surface area contributed by atoms with Crippen LogP contribution in [0.25, 0.3) is 0 Å². The third kappa shape index (κ3) is 6.15. The van der Waals surface area contributed by atoms with Gasteiger partial charge in [-0.25, -0.2) is 0 Å². The summed E-state index contributed by atoms with van der Waals surface area (Å²) in [5.41, 5.74) is 0.649. The van der Waals surface area contributed by atoms with E-state index in [0.717, 1.165) is 61.7 Å². The van der Waals surface area contributed by atoms with Gasteiger partial charge in [-0.05, 0) is 147 Å². The molecule has 3 N–H and O–H groups in total. The Balaban J connectivity index is 1.13. The summed E-state index contributed by atoms with van der Waals surface area (Å²) in [6.45, 7) is 25.5. The highest BCUT2D eigenvalue weighted by Gasteiger charge is 2.71. The van der Waals surface area contributed by atoms with E-state index in [1.807, 2.05) is 32.9 Å². The predicted molar refractivity (Wildman–Crippen MR) is 223 cm³/mol. The van der Waals surface area contributed by atoms with E-state index in [0.29, 0.717) is 30.2 Å². The highest BCUT2D eigenvalue weighted by molar-refractivity contribution is 6.03. The molecule has 0 spiro atoms. The first-order chi connectivity index (χ1) is 26.8. The molecule has 0 saturated heterocycles. The van der Waals surface area contributed by atoms with Crippen molar-refractivity contribution in [3.63, 3.8) is 0 Å². The van der Waals surface area contributed by atoms with Crippen LogP contribution < -0.4 is 10.6 Å². The molecule has 10 atom stereocenters. The minimum absolute atomic E-state index is 0.0132. The van der Waals surface area contributed by atoms with Gasteiger partial charge in [-0.15, -0.1) is 0 Å². The zero-order chi connectivity index (χ0) is 42.8. The Morgan fingerprint density at radius 3 is 2.07 bits per heavy atom. The molecule has 0 aromatic heterocycles. The van der Waals surface area contributed by atoms with Crippen LogP contribution in [0, 0.1) is 69.5 Å². The first-order valence-electron chi connectivity index (χ1n) is 22.2. The number of Topliss-reactive ketones (excluding diaryl/α,β-unsaturated/α-hetero) is 1. The topological polar surface area (TPSA) is 139 Å². The number of rotatable bonds is 8. The number of aliphatic carboxylic acids is 1. The van der Waals surface area contributed by atoms with E-state index in [2.05, 4.69) is 59.1 Å². The molecular weight excluding hydrogens is 729 g/mol. The Morgan fingerprint density at radius 1 is 0.810 bits per heavy atom. The molecule has 0 aliphatic heterocycles. The first kappa shape index (κ1) is 42.6. The smallest absolute Gasteiger partial charge is 0.309 e. The lowest BCUT2D eigenvalue weighted by Gasteiger charge is -2.72. The van der Waals surface area contributed by atoms with Gasteiger partial charge in [0.25, 0.3) is 5.91 Å². The van der Waals surface area contributed by atoms with Crippen LogP contribution in [0.4, 0.5) is 0 Å². The Labute approximate surface area is 346 Å². The number of ketones is 1. The Hall–Kier alpha value is -3.49. The molecule has 1 unspecified atom stereocenters. The van der Waals surface area contributed by atoms with Crippen LogP contribution in [0.3, 0.4) is 0 Å². The van der Waals surface area contributed by atoms with E-state index in [1.54, 1.807) is 26.0 Å². The van der Waals surface area contributed by atoms with E-state index in [9.17, 15) is 29.1 Å². The van der Waals surface area contributed by atoms with Crippen LogP contribution in [0.15, 0.2) is 35.4 Å². The molecule has 1 aromatic rings. The van der Waals surface area contributed by atoms with E-state index >= 15 is 0 Å². The third-order valence-corrected chi connectivity index (χ3v) is 18.1. The average Bonchev–Trinajstić information content (AvgIpc) is 3.41. The zero-order valence-corrected chi connectivity index (χ0v) is 37.3. The molecule has 5 saturated carbocycles. The molecule has 0 bridgehead atoms. The minimum Gasteiger partial charge on any atom is -0.481 e. The maximum Gasteiger partial charge on any atom is 0.309 e. The summed E-state index contributed by atoms with van der Waals surface area (Å²) in [5.74, 6) is -1.51. The predicted octanol–water partition coefficient (Wildman–Crippen LogP) is 9.01. The second-order valence-corrected chi connectivity index (χ2v) is 22.5. The van der Waals surface area contributed by atoms with Crippen LogP contribution in [-0.4, -0.2) is 51.8 Å². The number of carboxylic acid groups (broad SMARTS) is 1. The molecule has 0 heterocycles. The van der Waals surface area contributed by atoms with Crippen LogP contribution >= 0.6 is 0 Å². The number of aryl methyl sites for hydroxylation is 1. The van der Waals surface area contributed by atoms with Crippen molar-refractivity contribution in [3.8, 4) is 0 Å². The molecule has 5 fully saturated rings. The maximum atomic E-state index is 14.4. The number of allylic oxidation sites excluding steroid dienone is 1. The van der Waals surface area contributed by atoms with Gasteiger partial charge in [0.05, 0.1) is 17.4 Å². The molecular formula is C49H70N2O7. The van der Waals surface area contributed by atoms with Crippen LogP contribution in [-0.2, 0) is 23.9 Å².